The van der Waals surface area contributed by atoms with Gasteiger partial charge in [0.25, 0.3) is 11.1 Å². The average molecular weight is 1320 g/mol. The number of imidazole rings is 1. The molecule has 0 atom stereocenters. The van der Waals surface area contributed by atoms with E-state index in [0.717, 1.165) is 93.8 Å². The van der Waals surface area contributed by atoms with Gasteiger partial charge in [-0.25, -0.2) is 45.5 Å². The summed E-state index contributed by atoms with van der Waals surface area (Å²) in [6.45, 7) is 0.170. The number of fused-ring (bicyclic) bond motifs is 2. The molecular formula is C58H49Cl2F4N11O9S4. The molecule has 30 heteroatoms. The summed E-state index contributed by atoms with van der Waals surface area (Å²) >= 11 is 13.8. The second kappa shape index (κ2) is 26.8. The van der Waals surface area contributed by atoms with Crippen LogP contribution < -0.4 is 34.4 Å². The van der Waals surface area contributed by atoms with Gasteiger partial charge in [-0.3, -0.25) is 18.7 Å². The van der Waals surface area contributed by atoms with Crippen molar-refractivity contribution in [2.24, 2.45) is 0 Å². The van der Waals surface area contributed by atoms with Crippen LogP contribution >= 0.6 is 46.3 Å². The molecule has 10 aromatic rings. The highest BCUT2D eigenvalue weighted by molar-refractivity contribution is 7.91. The minimum absolute atomic E-state index is 0.0194. The van der Waals surface area contributed by atoms with Gasteiger partial charge in [-0.15, -0.1) is 0 Å². The second-order valence-corrected chi connectivity index (χ2v) is 25.2. The molecule has 0 radical (unpaired) electrons. The number of halogens is 6. The van der Waals surface area contributed by atoms with Crippen LogP contribution in [0.25, 0.3) is 33.6 Å². The van der Waals surface area contributed by atoms with Gasteiger partial charge in [0.05, 0.1) is 39.2 Å². The van der Waals surface area contributed by atoms with Crippen molar-refractivity contribution in [3.63, 3.8) is 0 Å². The first-order valence-electron chi connectivity index (χ1n) is 26.4. The molecule has 12 rings (SSSR count). The SMILES string of the molecule is COc1cc(-c2cc(F)cc(Cl)c2)c(F)cc1-n1c2c(ccc1=O)CCCC2.COc1cc(-c2cc(F)cc(Cl)c2)c(F)cc1-n1c2c(ccc1=O)CN(S(=O)(=O)Nc1ncns1)CC2.COc1ccc(CN(c2ncns2)S(=O)(=O)n2ccnc2)cc1. The lowest BCUT2D eigenvalue weighted by atomic mass is 9.95. The van der Waals surface area contributed by atoms with Crippen molar-refractivity contribution in [3.05, 3.63) is 223 Å². The van der Waals surface area contributed by atoms with Gasteiger partial charge in [0.15, 0.2) is 0 Å². The molecule has 5 aromatic heterocycles. The van der Waals surface area contributed by atoms with Crippen LogP contribution in [0.4, 0.5) is 27.8 Å². The Balaban J connectivity index is 0.000000150. The van der Waals surface area contributed by atoms with Gasteiger partial charge in [0.1, 0.15) is 59.5 Å². The predicted molar refractivity (Wildman–Crippen MR) is 327 cm³/mol. The quantitative estimate of drug-likeness (QED) is 0.0942. The molecule has 0 saturated heterocycles. The van der Waals surface area contributed by atoms with Crippen LogP contribution in [-0.4, -0.2) is 85.8 Å². The summed E-state index contributed by atoms with van der Waals surface area (Å²) in [6.07, 6.45) is 10.4. The molecule has 2 aliphatic rings. The third kappa shape index (κ3) is 13.8. The highest BCUT2D eigenvalue weighted by Gasteiger charge is 2.31. The van der Waals surface area contributed by atoms with Crippen LogP contribution in [0.15, 0.2) is 150 Å². The zero-order valence-electron chi connectivity index (χ0n) is 46.5. The van der Waals surface area contributed by atoms with E-state index in [4.69, 9.17) is 37.4 Å². The van der Waals surface area contributed by atoms with Gasteiger partial charge in [0.2, 0.25) is 10.3 Å². The standard InChI is InChI=1S/C23H18ClF2N5O4S2.C22H18ClF2NO2.C13H13N5O3S2/c1-35-21-9-17(14-6-15(24)8-16(25)7-14)18(26)10-20(21)31-19-4-5-30(11-13(19)2-3-22(31)32)37(33,34)29-23-27-12-28-36-23;1-28-21-11-17(14-8-15(23)10-16(24)9-14)18(25)12-20(21)26-19-5-3-2-4-13(19)6-7-22(26)27;1-21-12-4-2-11(3-5-12)8-18(13-15-9-16-22-13)23(19,20)17-7-6-14-10-17/h2-3,6-10,12H,4-5,11H2,1H3,(H,27,28,29);6-12H,2-5H2,1H3;2-7,9-10H,8H2,1H3. The number of anilines is 2. The highest BCUT2D eigenvalue weighted by Crippen LogP contribution is 2.38. The van der Waals surface area contributed by atoms with Crippen molar-refractivity contribution in [3.8, 4) is 50.9 Å². The van der Waals surface area contributed by atoms with Crippen molar-refractivity contribution in [1.29, 1.82) is 0 Å². The molecule has 1 N–H and O–H groups in total. The third-order valence-corrected chi connectivity index (χ3v) is 19.0. The zero-order chi connectivity index (χ0) is 62.4. The van der Waals surface area contributed by atoms with Crippen LogP contribution in [0.3, 0.4) is 0 Å². The lowest BCUT2D eigenvalue weighted by molar-refractivity contribution is 0.385. The molecule has 1 aliphatic heterocycles. The van der Waals surface area contributed by atoms with Crippen molar-refractivity contribution < 1.29 is 48.6 Å². The van der Waals surface area contributed by atoms with E-state index in [-0.39, 0.29) is 80.0 Å². The molecule has 1 aliphatic carbocycles. The summed E-state index contributed by atoms with van der Waals surface area (Å²) in [5.74, 6) is -1.29. The number of methoxy groups -OCH3 is 3. The Morgan fingerprint density at radius 3 is 1.74 bits per heavy atom. The fourth-order valence-corrected chi connectivity index (χ4v) is 14.2. The number of pyridine rings is 2. The van der Waals surface area contributed by atoms with E-state index in [1.54, 1.807) is 37.4 Å². The molecule has 20 nitrogen and oxygen atoms in total. The predicted octanol–water partition coefficient (Wildman–Crippen LogP) is 10.9. The Morgan fingerprint density at radius 2 is 1.22 bits per heavy atom. The van der Waals surface area contributed by atoms with E-state index in [1.807, 2.05) is 6.07 Å². The molecule has 0 amide bonds. The highest BCUT2D eigenvalue weighted by atomic mass is 35.5. The Bertz CT molecular complexity index is 4490. The van der Waals surface area contributed by atoms with E-state index >= 15 is 8.78 Å². The number of aryl methyl sites for hydroxylation is 1. The smallest absolute Gasteiger partial charge is 0.333 e. The van der Waals surface area contributed by atoms with E-state index in [9.17, 15) is 35.2 Å². The summed E-state index contributed by atoms with van der Waals surface area (Å²) in [5.41, 5.74) is 4.36. The zero-order valence-corrected chi connectivity index (χ0v) is 51.3. The number of benzene rings is 5. The van der Waals surface area contributed by atoms with E-state index < -0.39 is 49.2 Å². The molecule has 0 fully saturated rings. The molecular weight excluding hydrogens is 1270 g/mol. The summed E-state index contributed by atoms with van der Waals surface area (Å²) in [7, 11) is -3.35. The summed E-state index contributed by atoms with van der Waals surface area (Å²) in [4.78, 5) is 37.2. The van der Waals surface area contributed by atoms with Gasteiger partial charge < -0.3 is 14.2 Å². The number of nitrogens with one attached hydrogen (secondary N) is 1. The van der Waals surface area contributed by atoms with E-state index in [1.165, 1.54) is 112 Å². The second-order valence-electron chi connectivity index (χ2n) is 19.4. The van der Waals surface area contributed by atoms with Gasteiger partial charge in [-0.1, -0.05) is 47.5 Å². The number of hydrogen-bond donors (Lipinski definition) is 1. The average Bonchev–Trinajstić information content (AvgIpc) is 4.44. The molecule has 0 spiro atoms. The van der Waals surface area contributed by atoms with Crippen molar-refractivity contribution in [1.82, 2.24) is 41.1 Å². The molecule has 456 valence electrons. The number of rotatable bonds is 15. The van der Waals surface area contributed by atoms with Crippen LogP contribution in [0, 0.1) is 23.3 Å². The number of nitrogens with zero attached hydrogens (tertiary/aromatic N) is 10. The lowest BCUT2D eigenvalue weighted by Crippen LogP contribution is -2.41. The lowest BCUT2D eigenvalue weighted by Gasteiger charge is -2.29. The molecule has 5 aromatic carbocycles. The topological polar surface area (TPSA) is 228 Å². The van der Waals surface area contributed by atoms with Gasteiger partial charge in [-0.05, 0) is 114 Å². The fourth-order valence-electron chi connectivity index (χ4n) is 9.93. The van der Waals surface area contributed by atoms with Crippen LogP contribution in [0.1, 0.15) is 40.9 Å². The summed E-state index contributed by atoms with van der Waals surface area (Å²) in [5, 5.41) is 0.696. The first-order valence-corrected chi connectivity index (χ1v) is 31.5. The minimum Gasteiger partial charge on any atom is -0.497 e. The van der Waals surface area contributed by atoms with Crippen LogP contribution in [0.2, 0.25) is 10.0 Å². The van der Waals surface area contributed by atoms with Crippen LogP contribution in [0.5, 0.6) is 17.2 Å². The maximum Gasteiger partial charge on any atom is 0.333 e. The first kappa shape index (κ1) is 62.5. The van der Waals surface area contributed by atoms with Crippen molar-refractivity contribution in [2.75, 3.05) is 36.9 Å². The summed E-state index contributed by atoms with van der Waals surface area (Å²) in [6, 6.07) is 26.1. The largest absolute Gasteiger partial charge is 0.497 e. The van der Waals surface area contributed by atoms with Gasteiger partial charge in [0, 0.05) is 112 Å². The normalized spacial score (nSPS) is 13.0. The van der Waals surface area contributed by atoms with Gasteiger partial charge >= 0.3 is 20.4 Å². The van der Waals surface area contributed by atoms with Crippen molar-refractivity contribution >= 4 is 76.9 Å². The molecule has 6 heterocycles. The number of hydrogen-bond acceptors (Lipinski definition) is 16. The van der Waals surface area contributed by atoms with E-state index in [0.29, 0.717) is 34.0 Å². The third-order valence-electron chi connectivity index (χ3n) is 14.0. The molecule has 0 unspecified atom stereocenters. The van der Waals surface area contributed by atoms with Crippen LogP contribution in [-0.2, 0) is 52.8 Å². The Morgan fingerprint density at radius 1 is 0.648 bits per heavy atom. The Hall–Kier alpha value is -8.51. The Labute approximate surface area is 519 Å². The maximum atomic E-state index is 15.3. The molecule has 88 heavy (non-hydrogen) atoms. The van der Waals surface area contributed by atoms with E-state index in [2.05, 4.69) is 28.4 Å². The molecule has 0 bridgehead atoms. The molecule has 0 saturated carbocycles. The summed E-state index contributed by atoms with van der Waals surface area (Å²) < 4.78 is 142. The maximum absolute atomic E-state index is 15.3. The van der Waals surface area contributed by atoms with Crippen molar-refractivity contribution in [2.45, 2.75) is 45.2 Å². The minimum atomic E-state index is -3.92. The van der Waals surface area contributed by atoms with Gasteiger partial charge in [-0.2, -0.15) is 29.9 Å². The fraction of sp³-hybridized carbons (Fsp3) is 0.190. The Kier molecular flexibility index (Phi) is 19.1. The first-order chi connectivity index (χ1) is 42.2. The monoisotopic (exact) mass is 1320 g/mol. The number of ether oxygens (including phenoxy) is 3. The number of aromatic nitrogens is 8.